The van der Waals surface area contributed by atoms with Gasteiger partial charge in [0.15, 0.2) is 0 Å². The van der Waals surface area contributed by atoms with Gasteiger partial charge in [-0.2, -0.15) is 0 Å². The fraction of sp³-hybridized carbons (Fsp3) is 0.188. The molecule has 0 fully saturated rings. The third-order valence-corrected chi connectivity index (χ3v) is 3.13. The number of nitrogens with two attached hydrogens (primary N) is 1. The van der Waals surface area contributed by atoms with Gasteiger partial charge in [0.2, 0.25) is 0 Å². The number of amides is 1. The molecule has 2 aromatic rings. The van der Waals surface area contributed by atoms with Gasteiger partial charge in [0.05, 0.1) is 12.7 Å². The molecule has 1 amide bonds. The summed E-state index contributed by atoms with van der Waals surface area (Å²) in [5, 5.41) is 2.72. The predicted molar refractivity (Wildman–Crippen MR) is 81.3 cm³/mol. The molecule has 1 aromatic heterocycles. The highest BCUT2D eigenvalue weighted by Gasteiger charge is 2.12. The topological polar surface area (TPSA) is 94.3 Å². The summed E-state index contributed by atoms with van der Waals surface area (Å²) < 4.78 is 4.57. The standard InChI is InChI=1S/C16H17N3O3/c1-22-16(21)12-7-8-14(18-9-12)15(20)19-10-13(17)11-5-3-2-4-6-11/h2-9,13H,10,17H2,1H3,(H,19,20). The van der Waals surface area contributed by atoms with Crippen LogP contribution in [0.2, 0.25) is 0 Å². The molecule has 0 radical (unpaired) electrons. The molecule has 22 heavy (non-hydrogen) atoms. The van der Waals surface area contributed by atoms with Gasteiger partial charge in [-0.25, -0.2) is 4.79 Å². The van der Waals surface area contributed by atoms with Crippen molar-refractivity contribution in [2.45, 2.75) is 6.04 Å². The molecule has 1 atom stereocenters. The summed E-state index contributed by atoms with van der Waals surface area (Å²) in [7, 11) is 1.29. The van der Waals surface area contributed by atoms with Crippen molar-refractivity contribution < 1.29 is 14.3 Å². The highest BCUT2D eigenvalue weighted by atomic mass is 16.5. The van der Waals surface area contributed by atoms with Crippen molar-refractivity contribution in [3.05, 3.63) is 65.5 Å². The van der Waals surface area contributed by atoms with E-state index in [1.54, 1.807) is 0 Å². The second kappa shape index (κ2) is 7.33. The van der Waals surface area contributed by atoms with E-state index in [0.29, 0.717) is 12.1 Å². The van der Waals surface area contributed by atoms with Crippen molar-refractivity contribution in [1.29, 1.82) is 0 Å². The number of nitrogens with zero attached hydrogens (tertiary/aromatic N) is 1. The molecule has 0 saturated carbocycles. The summed E-state index contributed by atoms with van der Waals surface area (Å²) >= 11 is 0. The van der Waals surface area contributed by atoms with Gasteiger partial charge in [0, 0.05) is 18.8 Å². The average molecular weight is 299 g/mol. The summed E-state index contributed by atoms with van der Waals surface area (Å²) in [6.07, 6.45) is 1.30. The Hall–Kier alpha value is -2.73. The summed E-state index contributed by atoms with van der Waals surface area (Å²) in [6.45, 7) is 0.295. The number of rotatable bonds is 5. The molecule has 1 unspecified atom stereocenters. The Bertz CT molecular complexity index is 641. The number of nitrogens with one attached hydrogen (secondary N) is 1. The molecular formula is C16H17N3O3. The van der Waals surface area contributed by atoms with Crippen LogP contribution in [0.4, 0.5) is 0 Å². The first-order valence-electron chi connectivity index (χ1n) is 6.75. The van der Waals surface area contributed by atoms with Gasteiger partial charge in [-0.05, 0) is 17.7 Å². The van der Waals surface area contributed by atoms with Crippen LogP contribution >= 0.6 is 0 Å². The van der Waals surface area contributed by atoms with E-state index >= 15 is 0 Å². The number of pyridine rings is 1. The quantitative estimate of drug-likeness (QED) is 0.811. The van der Waals surface area contributed by atoms with E-state index < -0.39 is 5.97 Å². The van der Waals surface area contributed by atoms with Crippen LogP contribution in [0.5, 0.6) is 0 Å². The lowest BCUT2D eigenvalue weighted by Crippen LogP contribution is -2.32. The van der Waals surface area contributed by atoms with E-state index in [1.807, 2.05) is 30.3 Å². The van der Waals surface area contributed by atoms with E-state index in [-0.39, 0.29) is 17.6 Å². The second-order valence-electron chi connectivity index (χ2n) is 4.65. The van der Waals surface area contributed by atoms with E-state index in [9.17, 15) is 9.59 Å². The normalized spacial score (nSPS) is 11.5. The fourth-order valence-corrected chi connectivity index (χ4v) is 1.88. The maximum Gasteiger partial charge on any atom is 0.339 e. The molecule has 0 saturated heterocycles. The highest BCUT2D eigenvalue weighted by Crippen LogP contribution is 2.08. The van der Waals surface area contributed by atoms with Crippen molar-refractivity contribution >= 4 is 11.9 Å². The summed E-state index contributed by atoms with van der Waals surface area (Å²) in [4.78, 5) is 27.2. The van der Waals surface area contributed by atoms with Gasteiger partial charge >= 0.3 is 5.97 Å². The molecule has 6 nitrogen and oxygen atoms in total. The van der Waals surface area contributed by atoms with E-state index in [0.717, 1.165) is 5.56 Å². The number of aromatic nitrogens is 1. The minimum atomic E-state index is -0.495. The number of esters is 1. The smallest absolute Gasteiger partial charge is 0.339 e. The number of ether oxygens (including phenoxy) is 1. The largest absolute Gasteiger partial charge is 0.465 e. The zero-order valence-corrected chi connectivity index (χ0v) is 12.2. The number of carbonyl (C=O) groups is 2. The Kier molecular flexibility index (Phi) is 5.21. The van der Waals surface area contributed by atoms with Crippen LogP contribution in [0.15, 0.2) is 48.7 Å². The Morgan fingerprint density at radius 2 is 1.95 bits per heavy atom. The van der Waals surface area contributed by atoms with Crippen molar-refractivity contribution in [2.24, 2.45) is 5.73 Å². The molecule has 0 bridgehead atoms. The molecule has 2 rings (SSSR count). The van der Waals surface area contributed by atoms with Crippen LogP contribution in [-0.2, 0) is 4.74 Å². The van der Waals surface area contributed by atoms with Gasteiger partial charge < -0.3 is 15.8 Å². The summed E-state index contributed by atoms with van der Waals surface area (Å²) in [5.74, 6) is -0.839. The minimum Gasteiger partial charge on any atom is -0.465 e. The Morgan fingerprint density at radius 3 is 2.55 bits per heavy atom. The molecule has 0 spiro atoms. The average Bonchev–Trinajstić information content (AvgIpc) is 2.59. The van der Waals surface area contributed by atoms with Crippen LogP contribution in [0.3, 0.4) is 0 Å². The van der Waals surface area contributed by atoms with Crippen LogP contribution in [0.1, 0.15) is 32.5 Å². The van der Waals surface area contributed by atoms with Crippen LogP contribution in [0, 0.1) is 0 Å². The molecule has 114 valence electrons. The lowest BCUT2D eigenvalue weighted by molar-refractivity contribution is 0.0599. The first-order valence-corrected chi connectivity index (χ1v) is 6.75. The monoisotopic (exact) mass is 299 g/mol. The molecular weight excluding hydrogens is 282 g/mol. The van der Waals surface area contributed by atoms with Crippen LogP contribution in [-0.4, -0.2) is 30.5 Å². The summed E-state index contributed by atoms with van der Waals surface area (Å²) in [6, 6.07) is 12.2. The minimum absolute atomic E-state index is 0.216. The van der Waals surface area contributed by atoms with Gasteiger partial charge in [0.25, 0.3) is 5.91 Å². The van der Waals surface area contributed by atoms with Crippen molar-refractivity contribution in [3.63, 3.8) is 0 Å². The Balaban J connectivity index is 1.93. The molecule has 0 aliphatic heterocycles. The van der Waals surface area contributed by atoms with Crippen LogP contribution in [0.25, 0.3) is 0 Å². The van der Waals surface area contributed by atoms with E-state index in [4.69, 9.17) is 5.73 Å². The molecule has 0 aliphatic carbocycles. The molecule has 1 aromatic carbocycles. The molecule has 0 aliphatic rings. The lowest BCUT2D eigenvalue weighted by atomic mass is 10.1. The lowest BCUT2D eigenvalue weighted by Gasteiger charge is -2.12. The van der Waals surface area contributed by atoms with Gasteiger partial charge in [-0.1, -0.05) is 30.3 Å². The number of methoxy groups -OCH3 is 1. The first-order chi connectivity index (χ1) is 10.6. The number of benzene rings is 1. The Morgan fingerprint density at radius 1 is 1.23 bits per heavy atom. The zero-order chi connectivity index (χ0) is 15.9. The van der Waals surface area contributed by atoms with Crippen molar-refractivity contribution in [2.75, 3.05) is 13.7 Å². The number of hydrogen-bond acceptors (Lipinski definition) is 5. The molecule has 1 heterocycles. The summed E-state index contributed by atoms with van der Waals surface area (Å²) in [5.41, 5.74) is 7.46. The SMILES string of the molecule is COC(=O)c1ccc(C(=O)NCC(N)c2ccccc2)nc1. The third kappa shape index (κ3) is 3.89. The molecule has 3 N–H and O–H groups in total. The third-order valence-electron chi connectivity index (χ3n) is 3.13. The van der Waals surface area contributed by atoms with E-state index in [2.05, 4.69) is 15.0 Å². The predicted octanol–water partition coefficient (Wildman–Crippen LogP) is 1.30. The van der Waals surface area contributed by atoms with Gasteiger partial charge in [-0.15, -0.1) is 0 Å². The van der Waals surface area contributed by atoms with Gasteiger partial charge in [-0.3, -0.25) is 9.78 Å². The fourth-order valence-electron chi connectivity index (χ4n) is 1.88. The van der Waals surface area contributed by atoms with Gasteiger partial charge in [0.1, 0.15) is 5.69 Å². The first kappa shape index (κ1) is 15.7. The number of hydrogen-bond donors (Lipinski definition) is 2. The maximum absolute atomic E-state index is 12.0. The second-order valence-corrected chi connectivity index (χ2v) is 4.65. The highest BCUT2D eigenvalue weighted by molar-refractivity contribution is 5.94. The van der Waals surface area contributed by atoms with E-state index in [1.165, 1.54) is 25.4 Å². The van der Waals surface area contributed by atoms with Crippen LogP contribution < -0.4 is 11.1 Å². The molecule has 6 heteroatoms. The number of carbonyl (C=O) groups excluding carboxylic acids is 2. The van der Waals surface area contributed by atoms with Crippen molar-refractivity contribution in [3.8, 4) is 0 Å². The Labute approximate surface area is 128 Å². The van der Waals surface area contributed by atoms with Crippen molar-refractivity contribution in [1.82, 2.24) is 10.3 Å². The maximum atomic E-state index is 12.0. The zero-order valence-electron chi connectivity index (χ0n) is 12.2.